The highest BCUT2D eigenvalue weighted by atomic mass is 19.1. The van der Waals surface area contributed by atoms with Gasteiger partial charge in [-0.1, -0.05) is 12.1 Å². The maximum Gasteiger partial charge on any atom is 0.257 e. The second-order valence-electron chi connectivity index (χ2n) is 6.24. The van der Waals surface area contributed by atoms with Gasteiger partial charge in [0.1, 0.15) is 17.3 Å². The number of aryl methyl sites for hydroxylation is 2. The molecule has 0 atom stereocenters. The van der Waals surface area contributed by atoms with Crippen molar-refractivity contribution in [3.05, 3.63) is 58.8 Å². The van der Waals surface area contributed by atoms with Gasteiger partial charge in [0.15, 0.2) is 0 Å². The monoisotopic (exact) mass is 344 g/mol. The molecule has 6 heteroatoms. The molecular weight excluding hydrogens is 323 g/mol. The molecular formula is C19H21FN2O3. The van der Waals surface area contributed by atoms with Gasteiger partial charge in [0.05, 0.1) is 11.1 Å². The molecule has 1 saturated heterocycles. The molecule has 1 aromatic heterocycles. The Morgan fingerprint density at radius 1 is 0.960 bits per heavy atom. The molecule has 0 bridgehead atoms. The topological polar surface area (TPSA) is 53.8 Å². The van der Waals surface area contributed by atoms with Gasteiger partial charge in [0.2, 0.25) is 0 Å². The van der Waals surface area contributed by atoms with Crippen molar-refractivity contribution in [2.45, 2.75) is 20.3 Å². The summed E-state index contributed by atoms with van der Waals surface area (Å²) >= 11 is 0. The number of hydrogen-bond donors (Lipinski definition) is 0. The number of nitrogens with zero attached hydrogens (tertiary/aromatic N) is 2. The van der Waals surface area contributed by atoms with Crippen LogP contribution in [-0.4, -0.2) is 47.8 Å². The summed E-state index contributed by atoms with van der Waals surface area (Å²) in [7, 11) is 0. The number of hydrogen-bond acceptors (Lipinski definition) is 3. The quantitative estimate of drug-likeness (QED) is 0.841. The Morgan fingerprint density at radius 3 is 2.12 bits per heavy atom. The summed E-state index contributed by atoms with van der Waals surface area (Å²) in [6, 6.07) is 7.72. The normalized spacial score (nSPS) is 15.2. The molecule has 0 unspecified atom stereocenters. The van der Waals surface area contributed by atoms with Gasteiger partial charge in [-0.05, 0) is 38.5 Å². The molecule has 0 spiro atoms. The minimum Gasteiger partial charge on any atom is -0.466 e. The summed E-state index contributed by atoms with van der Waals surface area (Å²) in [5.41, 5.74) is 0.634. The van der Waals surface area contributed by atoms with E-state index in [0.29, 0.717) is 49.7 Å². The molecule has 25 heavy (non-hydrogen) atoms. The first-order valence-corrected chi connectivity index (χ1v) is 8.37. The van der Waals surface area contributed by atoms with E-state index in [-0.39, 0.29) is 17.4 Å². The van der Waals surface area contributed by atoms with Crippen LogP contribution in [0.5, 0.6) is 0 Å². The third-order valence-corrected chi connectivity index (χ3v) is 4.45. The van der Waals surface area contributed by atoms with E-state index >= 15 is 0 Å². The molecule has 0 N–H and O–H groups in total. The molecule has 1 aliphatic heterocycles. The smallest absolute Gasteiger partial charge is 0.257 e. The Labute approximate surface area is 146 Å². The van der Waals surface area contributed by atoms with E-state index in [1.54, 1.807) is 41.8 Å². The Kier molecular flexibility index (Phi) is 4.88. The first-order valence-electron chi connectivity index (χ1n) is 8.37. The highest BCUT2D eigenvalue weighted by molar-refractivity contribution is 5.96. The zero-order chi connectivity index (χ0) is 18.0. The average molecular weight is 344 g/mol. The van der Waals surface area contributed by atoms with Gasteiger partial charge in [-0.15, -0.1) is 0 Å². The molecule has 1 aliphatic rings. The minimum atomic E-state index is -0.519. The van der Waals surface area contributed by atoms with Crippen molar-refractivity contribution >= 4 is 11.8 Å². The van der Waals surface area contributed by atoms with Gasteiger partial charge in [0.25, 0.3) is 11.8 Å². The molecule has 2 aromatic rings. The van der Waals surface area contributed by atoms with Crippen molar-refractivity contribution in [1.82, 2.24) is 9.80 Å². The van der Waals surface area contributed by atoms with Crippen LogP contribution in [0.4, 0.5) is 4.39 Å². The highest BCUT2D eigenvalue weighted by Crippen LogP contribution is 2.18. The fourth-order valence-corrected chi connectivity index (χ4v) is 3.14. The van der Waals surface area contributed by atoms with Gasteiger partial charge in [0, 0.05) is 26.2 Å². The number of benzene rings is 1. The molecule has 132 valence electrons. The summed E-state index contributed by atoms with van der Waals surface area (Å²) in [5, 5.41) is 0. The molecule has 2 amide bonds. The van der Waals surface area contributed by atoms with E-state index in [1.165, 1.54) is 12.1 Å². The Morgan fingerprint density at radius 2 is 1.56 bits per heavy atom. The van der Waals surface area contributed by atoms with Crippen LogP contribution >= 0.6 is 0 Å². The van der Waals surface area contributed by atoms with Crippen molar-refractivity contribution in [3.63, 3.8) is 0 Å². The lowest BCUT2D eigenvalue weighted by Crippen LogP contribution is -2.37. The zero-order valence-corrected chi connectivity index (χ0v) is 14.4. The van der Waals surface area contributed by atoms with Crippen LogP contribution in [0.2, 0.25) is 0 Å². The van der Waals surface area contributed by atoms with Crippen molar-refractivity contribution < 1.29 is 18.4 Å². The van der Waals surface area contributed by atoms with Crippen LogP contribution in [0.1, 0.15) is 38.7 Å². The predicted molar refractivity (Wildman–Crippen MR) is 91.0 cm³/mol. The van der Waals surface area contributed by atoms with Crippen LogP contribution in [0, 0.1) is 19.7 Å². The van der Waals surface area contributed by atoms with E-state index in [0.717, 1.165) is 0 Å². The van der Waals surface area contributed by atoms with E-state index in [1.807, 2.05) is 0 Å². The standard InChI is InChI=1S/C19H21FN2O3/c1-13-12-16(14(2)25-13)19(24)22-9-5-8-21(10-11-22)18(23)15-6-3-4-7-17(15)20/h3-4,6-7,12H,5,8-11H2,1-2H3. The van der Waals surface area contributed by atoms with Crippen molar-refractivity contribution in [3.8, 4) is 0 Å². The maximum absolute atomic E-state index is 13.8. The Bertz CT molecular complexity index is 800. The number of rotatable bonds is 2. The molecule has 5 nitrogen and oxygen atoms in total. The molecule has 0 saturated carbocycles. The van der Waals surface area contributed by atoms with E-state index < -0.39 is 5.82 Å². The average Bonchev–Trinajstić information content (AvgIpc) is 2.79. The SMILES string of the molecule is Cc1cc(C(=O)N2CCCN(C(=O)c3ccccc3F)CC2)c(C)o1. The summed E-state index contributed by atoms with van der Waals surface area (Å²) in [4.78, 5) is 28.6. The fourth-order valence-electron chi connectivity index (χ4n) is 3.14. The van der Waals surface area contributed by atoms with Crippen LogP contribution in [-0.2, 0) is 0 Å². The minimum absolute atomic E-state index is 0.0728. The largest absolute Gasteiger partial charge is 0.466 e. The third-order valence-electron chi connectivity index (χ3n) is 4.45. The lowest BCUT2D eigenvalue weighted by molar-refractivity contribution is 0.0715. The second-order valence-corrected chi connectivity index (χ2v) is 6.24. The number of carbonyl (C=O) groups is 2. The number of furan rings is 1. The first kappa shape index (κ1) is 17.2. The van der Waals surface area contributed by atoms with Gasteiger partial charge in [-0.2, -0.15) is 0 Å². The van der Waals surface area contributed by atoms with Crippen molar-refractivity contribution in [2.24, 2.45) is 0 Å². The van der Waals surface area contributed by atoms with Crippen LogP contribution < -0.4 is 0 Å². The summed E-state index contributed by atoms with van der Waals surface area (Å²) in [5.74, 6) is 0.365. The van der Waals surface area contributed by atoms with Gasteiger partial charge >= 0.3 is 0 Å². The first-order chi connectivity index (χ1) is 12.0. The zero-order valence-electron chi connectivity index (χ0n) is 14.4. The number of amides is 2. The van der Waals surface area contributed by atoms with Gasteiger partial charge in [-0.3, -0.25) is 9.59 Å². The maximum atomic E-state index is 13.8. The predicted octanol–water partition coefficient (Wildman–Crippen LogP) is 3.02. The number of carbonyl (C=O) groups excluding carboxylic acids is 2. The summed E-state index contributed by atoms with van der Waals surface area (Å²) in [6.45, 7) is 5.44. The summed E-state index contributed by atoms with van der Waals surface area (Å²) < 4.78 is 19.3. The molecule has 0 radical (unpaired) electrons. The molecule has 0 aliphatic carbocycles. The second kappa shape index (κ2) is 7.09. The highest BCUT2D eigenvalue weighted by Gasteiger charge is 2.26. The summed E-state index contributed by atoms with van der Waals surface area (Å²) in [6.07, 6.45) is 0.655. The number of halogens is 1. The molecule has 1 fully saturated rings. The van der Waals surface area contributed by atoms with E-state index in [2.05, 4.69) is 0 Å². The van der Waals surface area contributed by atoms with Crippen LogP contribution in [0.25, 0.3) is 0 Å². The molecule has 2 heterocycles. The molecule has 3 rings (SSSR count). The third kappa shape index (κ3) is 3.57. The Hall–Kier alpha value is -2.63. The van der Waals surface area contributed by atoms with E-state index in [4.69, 9.17) is 4.42 Å². The van der Waals surface area contributed by atoms with Gasteiger partial charge in [-0.25, -0.2) is 4.39 Å². The molecule has 1 aromatic carbocycles. The van der Waals surface area contributed by atoms with Gasteiger partial charge < -0.3 is 14.2 Å². The Balaban J connectivity index is 1.70. The van der Waals surface area contributed by atoms with Crippen molar-refractivity contribution in [2.75, 3.05) is 26.2 Å². The van der Waals surface area contributed by atoms with Crippen molar-refractivity contribution in [1.29, 1.82) is 0 Å². The lowest BCUT2D eigenvalue weighted by atomic mass is 10.2. The lowest BCUT2D eigenvalue weighted by Gasteiger charge is -2.22. The van der Waals surface area contributed by atoms with Crippen LogP contribution in [0.3, 0.4) is 0 Å². The van der Waals surface area contributed by atoms with E-state index in [9.17, 15) is 14.0 Å². The fraction of sp³-hybridized carbons (Fsp3) is 0.368. The van der Waals surface area contributed by atoms with Crippen LogP contribution in [0.15, 0.2) is 34.7 Å².